The lowest BCUT2D eigenvalue weighted by Crippen LogP contribution is -2.27. The van der Waals surface area contributed by atoms with Gasteiger partial charge in [-0.05, 0) is 145 Å². The van der Waals surface area contributed by atoms with Gasteiger partial charge < -0.3 is 9.47 Å². The molecule has 56 heavy (non-hydrogen) atoms. The molecule has 0 saturated carbocycles. The van der Waals surface area contributed by atoms with Crippen LogP contribution in [0.4, 0.5) is 0 Å². The van der Waals surface area contributed by atoms with E-state index in [2.05, 4.69) is 148 Å². The highest BCUT2D eigenvalue weighted by Crippen LogP contribution is 2.50. The number of benzene rings is 4. The lowest BCUT2D eigenvalue weighted by atomic mass is 9.72. The Morgan fingerprint density at radius 1 is 0.786 bits per heavy atom. The predicted molar refractivity (Wildman–Crippen MR) is 235 cm³/mol. The van der Waals surface area contributed by atoms with Gasteiger partial charge in [0.05, 0.1) is 17.2 Å². The first-order chi connectivity index (χ1) is 26.6. The lowest BCUT2D eigenvalue weighted by Gasteiger charge is -2.36. The fraction of sp³-hybridized carbons (Fsp3) is 0.412. The minimum atomic E-state index is -0.243. The molecule has 0 radical (unpaired) electrons. The van der Waals surface area contributed by atoms with Crippen molar-refractivity contribution in [2.24, 2.45) is 10.9 Å². The van der Waals surface area contributed by atoms with Gasteiger partial charge in [-0.15, -0.1) is 0 Å². The normalized spacial score (nSPS) is 16.1. The Kier molecular flexibility index (Phi) is 9.45. The Morgan fingerprint density at radius 2 is 1.48 bits per heavy atom. The molecule has 290 valence electrons. The topological polar surface area (TPSA) is 48.6 Å². The zero-order valence-corrected chi connectivity index (χ0v) is 35.7. The third-order valence-electron chi connectivity index (χ3n) is 12.5. The number of fused-ring (bicyclic) bond motifs is 5. The van der Waals surface area contributed by atoms with E-state index >= 15 is 0 Å². The van der Waals surface area contributed by atoms with Gasteiger partial charge in [-0.2, -0.15) is 0 Å². The Bertz CT molecular complexity index is 2530. The maximum absolute atomic E-state index is 7.07. The number of hydrogen-bond acceptors (Lipinski definition) is 4. The van der Waals surface area contributed by atoms with Gasteiger partial charge in [0.15, 0.2) is 0 Å². The van der Waals surface area contributed by atoms with Crippen LogP contribution >= 0.6 is 0 Å². The van der Waals surface area contributed by atoms with Crippen LogP contribution in [0, 0.1) is 40.5 Å². The summed E-state index contributed by atoms with van der Waals surface area (Å²) in [4.78, 5) is 10.3. The van der Waals surface area contributed by atoms with E-state index in [1.54, 1.807) is 0 Å². The number of nitrogens with zero attached hydrogens (tertiary/aromatic N) is 3. The summed E-state index contributed by atoms with van der Waals surface area (Å²) in [6.07, 6.45) is 6.65. The van der Waals surface area contributed by atoms with Gasteiger partial charge >= 0.3 is 0 Å². The number of pyridine rings is 1. The molecule has 0 bridgehead atoms. The third kappa shape index (κ3) is 6.41. The molecule has 5 heteroatoms. The van der Waals surface area contributed by atoms with Crippen LogP contribution in [0.15, 0.2) is 71.9 Å². The second kappa shape index (κ2) is 13.9. The molecule has 0 amide bonds. The minimum absolute atomic E-state index is 0.00608. The van der Waals surface area contributed by atoms with Gasteiger partial charge in [-0.1, -0.05) is 85.1 Å². The molecule has 4 aromatic carbocycles. The van der Waals surface area contributed by atoms with Crippen molar-refractivity contribution in [1.82, 2.24) is 9.55 Å². The highest BCUT2D eigenvalue weighted by atomic mass is 16.5. The van der Waals surface area contributed by atoms with E-state index in [1.165, 1.54) is 68.1 Å². The highest BCUT2D eigenvalue weighted by Gasteiger charge is 2.38. The number of rotatable bonds is 9. The molecule has 0 N–H and O–H groups in total. The summed E-state index contributed by atoms with van der Waals surface area (Å²) >= 11 is 0. The molecule has 0 spiro atoms. The number of ether oxygens (including phenoxy) is 2. The zero-order valence-electron chi connectivity index (χ0n) is 35.7. The summed E-state index contributed by atoms with van der Waals surface area (Å²) < 4.78 is 15.9. The van der Waals surface area contributed by atoms with E-state index in [4.69, 9.17) is 19.5 Å². The summed E-state index contributed by atoms with van der Waals surface area (Å²) in [6, 6.07) is 23.0. The standard InChI is InChI=1S/C51H59N3O2/c1-13-15-34(16-14-2)43-28-55-49(53-43)36-21-35(46-32(6)17-29(3)18-33(46)7)22-38(23-36)56-45-26-44-41(20-31(45)5)51(11,12)42-25-37(50(8,9)10)24-39-40-19-30(4)27-52-48(40)54(44)47(39)42/h17-27,34,43H,13-16,28H2,1-12H3/t43-/m0/s1. The zero-order chi connectivity index (χ0) is 39.8. The van der Waals surface area contributed by atoms with Crippen LogP contribution in [0.1, 0.15) is 124 Å². The van der Waals surface area contributed by atoms with E-state index in [0.717, 1.165) is 63.8 Å². The average molecular weight is 746 g/mol. The molecule has 0 saturated heterocycles. The molecular weight excluding hydrogens is 687 g/mol. The summed E-state index contributed by atoms with van der Waals surface area (Å²) in [5.41, 5.74) is 16.4. The van der Waals surface area contributed by atoms with Gasteiger partial charge in [-0.3, -0.25) is 4.57 Å². The number of aryl methyl sites for hydroxylation is 5. The van der Waals surface area contributed by atoms with Crippen molar-refractivity contribution in [3.8, 4) is 28.3 Å². The van der Waals surface area contributed by atoms with Gasteiger partial charge in [0.2, 0.25) is 5.90 Å². The third-order valence-corrected chi connectivity index (χ3v) is 12.5. The molecule has 2 aliphatic rings. The second-order valence-corrected chi connectivity index (χ2v) is 18.4. The minimum Gasteiger partial charge on any atom is -0.475 e. The quantitative estimate of drug-likeness (QED) is 0.148. The predicted octanol–water partition coefficient (Wildman–Crippen LogP) is 13.5. The molecule has 2 aliphatic heterocycles. The van der Waals surface area contributed by atoms with Crippen LogP contribution in [0.25, 0.3) is 38.8 Å². The number of hydrogen-bond donors (Lipinski definition) is 0. The van der Waals surface area contributed by atoms with Crippen LogP contribution < -0.4 is 4.74 Å². The highest BCUT2D eigenvalue weighted by molar-refractivity contribution is 6.11. The Morgan fingerprint density at radius 3 is 2.16 bits per heavy atom. The molecule has 8 rings (SSSR count). The maximum Gasteiger partial charge on any atom is 0.216 e. The summed E-state index contributed by atoms with van der Waals surface area (Å²) in [5.74, 6) is 2.86. The monoisotopic (exact) mass is 745 g/mol. The average Bonchev–Trinajstić information content (AvgIpc) is 3.74. The van der Waals surface area contributed by atoms with Crippen molar-refractivity contribution >= 4 is 27.8 Å². The van der Waals surface area contributed by atoms with Crippen LogP contribution in [0.2, 0.25) is 0 Å². The molecular formula is C51H59N3O2. The molecule has 6 aromatic rings. The molecule has 0 unspecified atom stereocenters. The Labute approximate surface area is 334 Å². The fourth-order valence-corrected chi connectivity index (χ4v) is 9.63. The number of aromatic nitrogens is 2. The van der Waals surface area contributed by atoms with Gasteiger partial charge in [0.25, 0.3) is 0 Å². The van der Waals surface area contributed by atoms with Crippen molar-refractivity contribution in [2.45, 2.75) is 126 Å². The number of aliphatic imine (C=N–C) groups is 1. The molecule has 0 fully saturated rings. The second-order valence-electron chi connectivity index (χ2n) is 18.4. The lowest BCUT2D eigenvalue weighted by molar-refractivity contribution is 0.261. The fourth-order valence-electron chi connectivity index (χ4n) is 9.63. The van der Waals surface area contributed by atoms with E-state index in [9.17, 15) is 0 Å². The summed E-state index contributed by atoms with van der Waals surface area (Å²) in [7, 11) is 0. The molecule has 2 aromatic heterocycles. The van der Waals surface area contributed by atoms with E-state index in [1.807, 2.05) is 6.20 Å². The molecule has 0 aliphatic carbocycles. The van der Waals surface area contributed by atoms with E-state index in [0.29, 0.717) is 12.5 Å². The van der Waals surface area contributed by atoms with Gasteiger partial charge in [-0.25, -0.2) is 9.98 Å². The van der Waals surface area contributed by atoms with Crippen LogP contribution in [0.5, 0.6) is 11.5 Å². The first-order valence-electron chi connectivity index (χ1n) is 20.8. The van der Waals surface area contributed by atoms with E-state index in [-0.39, 0.29) is 16.9 Å². The van der Waals surface area contributed by atoms with Crippen LogP contribution in [-0.4, -0.2) is 28.1 Å². The van der Waals surface area contributed by atoms with Crippen molar-refractivity contribution in [3.05, 3.63) is 117 Å². The van der Waals surface area contributed by atoms with Crippen molar-refractivity contribution < 1.29 is 9.47 Å². The van der Waals surface area contributed by atoms with Gasteiger partial charge in [0.1, 0.15) is 23.8 Å². The van der Waals surface area contributed by atoms with Crippen LogP contribution in [0.3, 0.4) is 0 Å². The summed E-state index contributed by atoms with van der Waals surface area (Å²) in [6.45, 7) is 27.7. The van der Waals surface area contributed by atoms with Crippen LogP contribution in [-0.2, 0) is 15.6 Å². The Hall–Kier alpha value is -4.90. The first kappa shape index (κ1) is 38.0. The maximum atomic E-state index is 7.07. The largest absolute Gasteiger partial charge is 0.475 e. The molecule has 1 atom stereocenters. The van der Waals surface area contributed by atoms with Crippen molar-refractivity contribution in [3.63, 3.8) is 0 Å². The van der Waals surface area contributed by atoms with E-state index < -0.39 is 0 Å². The molecule has 4 heterocycles. The smallest absolute Gasteiger partial charge is 0.216 e. The van der Waals surface area contributed by atoms with Crippen molar-refractivity contribution in [2.75, 3.05) is 6.61 Å². The Balaban J connectivity index is 1.30. The SMILES string of the molecule is CCCC(CCC)[C@@H]1COC(c2cc(Oc3cc4c(cc3C)C(C)(C)c3cc(C(C)(C)C)cc5c6cc(C)cnc6n-4c35)cc(-c3c(C)cc(C)cc3C)c2)=N1. The summed E-state index contributed by atoms with van der Waals surface area (Å²) in [5, 5.41) is 2.45. The van der Waals surface area contributed by atoms with Gasteiger partial charge in [0, 0.05) is 34.0 Å². The van der Waals surface area contributed by atoms with Crippen molar-refractivity contribution in [1.29, 1.82) is 0 Å². The first-order valence-corrected chi connectivity index (χ1v) is 20.8. The molecule has 5 nitrogen and oxygen atoms in total.